The summed E-state index contributed by atoms with van der Waals surface area (Å²) in [4.78, 5) is 30.8. The molecule has 0 fully saturated rings. The molecule has 0 unspecified atom stereocenters. The summed E-state index contributed by atoms with van der Waals surface area (Å²) < 4.78 is 9.49. The first-order valence-electron chi connectivity index (χ1n) is 6.16. The number of hydrogen-bond donors (Lipinski definition) is 2. The Hall–Kier alpha value is -2.41. The van der Waals surface area contributed by atoms with Gasteiger partial charge in [-0.2, -0.15) is 0 Å². The third-order valence-electron chi connectivity index (χ3n) is 2.12. The Morgan fingerprint density at radius 1 is 0.952 bits per heavy atom. The number of rotatable bonds is 6. The van der Waals surface area contributed by atoms with Crippen molar-refractivity contribution in [2.45, 2.75) is 13.8 Å². The Bertz CT molecular complexity index is 432. The average molecular weight is 298 g/mol. The first-order valence-corrected chi connectivity index (χ1v) is 6.16. The molecule has 1 rings (SSSR count). The monoisotopic (exact) mass is 298 g/mol. The van der Waals surface area contributed by atoms with Crippen LogP contribution in [0.1, 0.15) is 34.6 Å². The van der Waals surface area contributed by atoms with Gasteiger partial charge in [-0.15, -0.1) is 0 Å². The molecule has 0 aliphatic heterocycles. The van der Waals surface area contributed by atoms with Crippen LogP contribution in [0.15, 0.2) is 24.3 Å². The van der Waals surface area contributed by atoms with Crippen LogP contribution in [0.5, 0.6) is 0 Å². The van der Waals surface area contributed by atoms with Gasteiger partial charge in [0.2, 0.25) is 0 Å². The maximum Gasteiger partial charge on any atom is 0.335 e. The van der Waals surface area contributed by atoms with E-state index in [1.807, 2.05) is 6.92 Å². The standard InChI is InChI=1S/C8H6O4.C6H12O3/c9-7(10)5-1-2-6(4-3-5)8(11)12;1-3-8-4-5-9-6(2)7/h1-4H,(H,9,10)(H,11,12);3-5H2,1-2H3. The lowest BCUT2D eigenvalue weighted by atomic mass is 10.1. The molecule has 0 radical (unpaired) electrons. The molecular formula is C14H18O7. The number of carboxylic acids is 2. The lowest BCUT2D eigenvalue weighted by Gasteiger charge is -1.99. The van der Waals surface area contributed by atoms with Gasteiger partial charge < -0.3 is 19.7 Å². The zero-order valence-corrected chi connectivity index (χ0v) is 11.9. The molecule has 0 heterocycles. The molecule has 0 atom stereocenters. The summed E-state index contributed by atoms with van der Waals surface area (Å²) in [7, 11) is 0. The van der Waals surface area contributed by atoms with Gasteiger partial charge in [0.05, 0.1) is 17.7 Å². The predicted octanol–water partition coefficient (Wildman–Crippen LogP) is 1.67. The SMILES string of the molecule is CCOCCOC(C)=O.O=C(O)c1ccc(C(=O)O)cc1. The van der Waals surface area contributed by atoms with Gasteiger partial charge in [-0.3, -0.25) is 4.79 Å². The van der Waals surface area contributed by atoms with Crippen molar-refractivity contribution in [1.29, 1.82) is 0 Å². The van der Waals surface area contributed by atoms with Crippen LogP contribution in [0.2, 0.25) is 0 Å². The van der Waals surface area contributed by atoms with E-state index in [4.69, 9.17) is 14.9 Å². The topological polar surface area (TPSA) is 110 Å². The van der Waals surface area contributed by atoms with E-state index in [-0.39, 0.29) is 17.1 Å². The number of carboxylic acid groups (broad SMARTS) is 2. The molecule has 2 N–H and O–H groups in total. The van der Waals surface area contributed by atoms with E-state index < -0.39 is 11.9 Å². The molecule has 1 aromatic carbocycles. The molecule has 1 aromatic rings. The van der Waals surface area contributed by atoms with E-state index in [1.165, 1.54) is 31.2 Å². The Morgan fingerprint density at radius 3 is 1.67 bits per heavy atom. The van der Waals surface area contributed by atoms with Crippen LogP contribution in [-0.4, -0.2) is 47.9 Å². The second-order valence-corrected chi connectivity index (χ2v) is 3.72. The maximum absolute atomic E-state index is 10.3. The highest BCUT2D eigenvalue weighted by atomic mass is 16.6. The van der Waals surface area contributed by atoms with Crippen molar-refractivity contribution in [2.75, 3.05) is 19.8 Å². The maximum atomic E-state index is 10.3. The molecule has 0 spiro atoms. The van der Waals surface area contributed by atoms with Crippen molar-refractivity contribution in [1.82, 2.24) is 0 Å². The van der Waals surface area contributed by atoms with Crippen LogP contribution in [0.4, 0.5) is 0 Å². The van der Waals surface area contributed by atoms with Crippen LogP contribution in [-0.2, 0) is 14.3 Å². The fraction of sp³-hybridized carbons (Fsp3) is 0.357. The number of hydrogen-bond acceptors (Lipinski definition) is 5. The highest BCUT2D eigenvalue weighted by Crippen LogP contribution is 2.03. The summed E-state index contributed by atoms with van der Waals surface area (Å²) >= 11 is 0. The van der Waals surface area contributed by atoms with Gasteiger partial charge in [-0.1, -0.05) is 0 Å². The molecule has 21 heavy (non-hydrogen) atoms. The predicted molar refractivity (Wildman–Crippen MR) is 73.5 cm³/mol. The Morgan fingerprint density at radius 2 is 1.38 bits per heavy atom. The lowest BCUT2D eigenvalue weighted by molar-refractivity contribution is -0.142. The van der Waals surface area contributed by atoms with E-state index in [9.17, 15) is 14.4 Å². The van der Waals surface area contributed by atoms with Crippen molar-refractivity contribution in [3.63, 3.8) is 0 Å². The second kappa shape index (κ2) is 10.4. The third kappa shape index (κ3) is 9.17. The van der Waals surface area contributed by atoms with Crippen LogP contribution < -0.4 is 0 Å². The Kier molecular flexibility index (Phi) is 9.19. The number of aromatic carboxylic acids is 2. The molecule has 0 aromatic heterocycles. The number of carbonyl (C=O) groups is 3. The summed E-state index contributed by atoms with van der Waals surface area (Å²) in [5.41, 5.74) is 0.167. The third-order valence-corrected chi connectivity index (χ3v) is 2.12. The minimum Gasteiger partial charge on any atom is -0.478 e. The normalized spacial score (nSPS) is 9.24. The molecule has 0 saturated heterocycles. The summed E-state index contributed by atoms with van der Waals surface area (Å²) in [5, 5.41) is 16.9. The van der Waals surface area contributed by atoms with Crippen LogP contribution in [0.25, 0.3) is 0 Å². The zero-order chi connectivity index (χ0) is 16.3. The first kappa shape index (κ1) is 18.6. The average Bonchev–Trinajstić information content (AvgIpc) is 2.44. The van der Waals surface area contributed by atoms with Crippen LogP contribution in [0.3, 0.4) is 0 Å². The highest BCUT2D eigenvalue weighted by molar-refractivity contribution is 5.91. The fourth-order valence-electron chi connectivity index (χ4n) is 1.14. The van der Waals surface area contributed by atoms with E-state index in [0.717, 1.165) is 0 Å². The Labute approximate surface area is 122 Å². The van der Waals surface area contributed by atoms with E-state index in [1.54, 1.807) is 0 Å². The number of esters is 1. The van der Waals surface area contributed by atoms with E-state index in [2.05, 4.69) is 4.74 Å². The fourth-order valence-corrected chi connectivity index (χ4v) is 1.14. The van der Waals surface area contributed by atoms with E-state index in [0.29, 0.717) is 19.8 Å². The van der Waals surface area contributed by atoms with Crippen molar-refractivity contribution in [3.05, 3.63) is 35.4 Å². The van der Waals surface area contributed by atoms with Gasteiger partial charge >= 0.3 is 17.9 Å². The van der Waals surface area contributed by atoms with Gasteiger partial charge in [0.15, 0.2) is 0 Å². The highest BCUT2D eigenvalue weighted by Gasteiger charge is 2.04. The summed E-state index contributed by atoms with van der Waals surface area (Å²) in [6.45, 7) is 4.81. The van der Waals surface area contributed by atoms with Crippen molar-refractivity contribution in [2.24, 2.45) is 0 Å². The number of carbonyl (C=O) groups excluding carboxylic acids is 1. The summed E-state index contributed by atoms with van der Waals surface area (Å²) in [5.74, 6) is -2.38. The number of ether oxygens (including phenoxy) is 2. The molecular weight excluding hydrogens is 280 g/mol. The molecule has 0 saturated carbocycles. The molecule has 0 aliphatic carbocycles. The van der Waals surface area contributed by atoms with Crippen LogP contribution in [0, 0.1) is 0 Å². The summed E-state index contributed by atoms with van der Waals surface area (Å²) in [6.07, 6.45) is 0. The molecule has 7 nitrogen and oxygen atoms in total. The van der Waals surface area contributed by atoms with E-state index >= 15 is 0 Å². The molecule has 116 valence electrons. The molecule has 7 heteroatoms. The van der Waals surface area contributed by atoms with Gasteiger partial charge in [0.25, 0.3) is 0 Å². The van der Waals surface area contributed by atoms with Gasteiger partial charge in [-0.05, 0) is 31.2 Å². The smallest absolute Gasteiger partial charge is 0.335 e. The second-order valence-electron chi connectivity index (χ2n) is 3.72. The first-order chi connectivity index (χ1) is 9.88. The lowest BCUT2D eigenvalue weighted by Crippen LogP contribution is -2.06. The minimum absolute atomic E-state index is 0.0833. The van der Waals surface area contributed by atoms with Crippen LogP contribution >= 0.6 is 0 Å². The van der Waals surface area contributed by atoms with Gasteiger partial charge in [0, 0.05) is 13.5 Å². The van der Waals surface area contributed by atoms with Crippen molar-refractivity contribution < 1.29 is 34.1 Å². The summed E-state index contributed by atoms with van der Waals surface area (Å²) in [6, 6.07) is 5.02. The van der Waals surface area contributed by atoms with Gasteiger partial charge in [0.1, 0.15) is 6.61 Å². The zero-order valence-electron chi connectivity index (χ0n) is 11.9. The minimum atomic E-state index is -1.06. The van der Waals surface area contributed by atoms with Gasteiger partial charge in [-0.25, -0.2) is 9.59 Å². The molecule has 0 bridgehead atoms. The van der Waals surface area contributed by atoms with Crippen molar-refractivity contribution in [3.8, 4) is 0 Å². The largest absolute Gasteiger partial charge is 0.478 e. The molecule has 0 aliphatic rings. The van der Waals surface area contributed by atoms with Crippen molar-refractivity contribution >= 4 is 17.9 Å². The number of benzene rings is 1. The quantitative estimate of drug-likeness (QED) is 0.607. The molecule has 0 amide bonds. The Balaban J connectivity index is 0.000000400.